The summed E-state index contributed by atoms with van der Waals surface area (Å²) in [6.45, 7) is 0. The van der Waals surface area contributed by atoms with Gasteiger partial charge in [-0.1, -0.05) is 23.2 Å². The van der Waals surface area contributed by atoms with Crippen molar-refractivity contribution in [1.29, 1.82) is 0 Å². The number of nitro groups is 1. The average molecular weight is 328 g/mol. The number of benzene rings is 1. The molecule has 0 aliphatic heterocycles. The van der Waals surface area contributed by atoms with Crippen LogP contribution in [0.1, 0.15) is 10.4 Å². The first-order valence-electron chi connectivity index (χ1n) is 5.49. The van der Waals surface area contributed by atoms with Crippen LogP contribution in [0.2, 0.25) is 10.2 Å². The molecule has 0 saturated heterocycles. The van der Waals surface area contributed by atoms with E-state index >= 15 is 0 Å². The molecule has 7 nitrogen and oxygen atoms in total. The molecule has 0 spiro atoms. The third kappa shape index (κ3) is 3.21. The van der Waals surface area contributed by atoms with Crippen LogP contribution in [0.5, 0.6) is 5.75 Å². The van der Waals surface area contributed by atoms with Gasteiger partial charge in [0.2, 0.25) is 5.15 Å². The van der Waals surface area contributed by atoms with Crippen molar-refractivity contribution in [2.75, 3.05) is 5.32 Å². The Morgan fingerprint density at radius 2 is 2.05 bits per heavy atom. The third-order valence-electron chi connectivity index (χ3n) is 2.51. The lowest BCUT2D eigenvalue weighted by Gasteiger charge is -2.07. The largest absolute Gasteiger partial charge is 0.506 e. The normalized spacial score (nSPS) is 10.2. The lowest BCUT2D eigenvalue weighted by atomic mass is 10.2. The third-order valence-corrected chi connectivity index (χ3v) is 3.09. The Hall–Kier alpha value is -2.38. The summed E-state index contributed by atoms with van der Waals surface area (Å²) in [7, 11) is 0. The fourth-order valence-electron chi connectivity index (χ4n) is 1.57. The van der Waals surface area contributed by atoms with E-state index in [-0.39, 0.29) is 27.2 Å². The van der Waals surface area contributed by atoms with Crippen LogP contribution in [-0.2, 0) is 0 Å². The van der Waals surface area contributed by atoms with Gasteiger partial charge in [-0.2, -0.15) is 0 Å². The molecular weight excluding hydrogens is 321 g/mol. The number of carbonyl (C=O) groups is 1. The Kier molecular flexibility index (Phi) is 4.25. The summed E-state index contributed by atoms with van der Waals surface area (Å²) in [6.07, 6.45) is 1.19. The molecule has 2 rings (SSSR count). The van der Waals surface area contributed by atoms with Crippen molar-refractivity contribution in [3.63, 3.8) is 0 Å². The minimum atomic E-state index is -0.784. The molecule has 1 amide bonds. The highest BCUT2D eigenvalue weighted by Crippen LogP contribution is 2.29. The van der Waals surface area contributed by atoms with Crippen molar-refractivity contribution < 1.29 is 14.8 Å². The number of rotatable bonds is 3. The molecule has 0 atom stereocenters. The van der Waals surface area contributed by atoms with Crippen LogP contribution >= 0.6 is 23.2 Å². The summed E-state index contributed by atoms with van der Waals surface area (Å²) in [5.41, 5.74) is -0.546. The lowest BCUT2D eigenvalue weighted by Crippen LogP contribution is -2.14. The van der Waals surface area contributed by atoms with Gasteiger partial charge >= 0.3 is 5.69 Å². The van der Waals surface area contributed by atoms with E-state index in [1.54, 1.807) is 0 Å². The minimum Gasteiger partial charge on any atom is -0.506 e. The van der Waals surface area contributed by atoms with Crippen LogP contribution in [0.15, 0.2) is 30.5 Å². The number of nitrogens with one attached hydrogen (secondary N) is 1. The fourth-order valence-corrected chi connectivity index (χ4v) is 1.98. The lowest BCUT2D eigenvalue weighted by molar-refractivity contribution is -0.385. The SMILES string of the molecule is O=C(Nc1ccc(O)c(Cl)c1)c1ccnc(Cl)c1[N+](=O)[O-]. The predicted octanol–water partition coefficient (Wildman–Crippen LogP) is 3.25. The van der Waals surface area contributed by atoms with Gasteiger partial charge in [0.15, 0.2) is 0 Å². The van der Waals surface area contributed by atoms with Crippen molar-refractivity contribution in [1.82, 2.24) is 4.98 Å². The van der Waals surface area contributed by atoms with Crippen molar-refractivity contribution >= 4 is 40.5 Å². The van der Waals surface area contributed by atoms with Gasteiger partial charge < -0.3 is 10.4 Å². The van der Waals surface area contributed by atoms with Crippen LogP contribution < -0.4 is 5.32 Å². The summed E-state index contributed by atoms with van der Waals surface area (Å²) in [5.74, 6) is -0.889. The highest BCUT2D eigenvalue weighted by Gasteiger charge is 2.24. The molecule has 0 aliphatic rings. The van der Waals surface area contributed by atoms with Crippen LogP contribution in [0.4, 0.5) is 11.4 Å². The maximum Gasteiger partial charge on any atom is 0.319 e. The van der Waals surface area contributed by atoms with E-state index in [4.69, 9.17) is 23.2 Å². The number of anilines is 1. The Balaban J connectivity index is 2.35. The smallest absolute Gasteiger partial charge is 0.319 e. The molecule has 1 aromatic heterocycles. The van der Waals surface area contributed by atoms with Crippen molar-refractivity contribution in [2.45, 2.75) is 0 Å². The number of carbonyl (C=O) groups excluding carboxylic acids is 1. The quantitative estimate of drug-likeness (QED) is 0.389. The van der Waals surface area contributed by atoms with E-state index in [0.717, 1.165) is 0 Å². The van der Waals surface area contributed by atoms with Crippen molar-refractivity contribution in [3.05, 3.63) is 56.3 Å². The highest BCUT2D eigenvalue weighted by atomic mass is 35.5. The van der Waals surface area contributed by atoms with E-state index in [1.807, 2.05) is 0 Å². The Morgan fingerprint density at radius 1 is 1.33 bits per heavy atom. The van der Waals surface area contributed by atoms with Crippen molar-refractivity contribution in [2.24, 2.45) is 0 Å². The van der Waals surface area contributed by atoms with Gasteiger partial charge in [0, 0.05) is 11.9 Å². The summed E-state index contributed by atoms with van der Waals surface area (Å²) in [5, 5.41) is 22.3. The van der Waals surface area contributed by atoms with E-state index in [9.17, 15) is 20.0 Å². The second-order valence-corrected chi connectivity index (χ2v) is 4.64. The maximum atomic E-state index is 12.1. The monoisotopic (exact) mass is 327 g/mol. The van der Waals surface area contributed by atoms with Gasteiger partial charge in [0.05, 0.1) is 9.95 Å². The van der Waals surface area contributed by atoms with Crippen LogP contribution in [-0.4, -0.2) is 20.9 Å². The molecule has 0 aliphatic carbocycles. The second-order valence-electron chi connectivity index (χ2n) is 3.88. The highest BCUT2D eigenvalue weighted by molar-refractivity contribution is 6.33. The molecule has 1 heterocycles. The summed E-state index contributed by atoms with van der Waals surface area (Å²) in [4.78, 5) is 25.8. The first kappa shape index (κ1) is 15.0. The average Bonchev–Trinajstić information content (AvgIpc) is 2.42. The van der Waals surface area contributed by atoms with E-state index in [1.165, 1.54) is 30.5 Å². The number of hydrogen-bond donors (Lipinski definition) is 2. The Bertz CT molecular complexity index is 736. The molecule has 2 aromatic rings. The molecule has 0 bridgehead atoms. The first-order chi connectivity index (χ1) is 9.90. The molecule has 9 heteroatoms. The van der Waals surface area contributed by atoms with Gasteiger partial charge in [-0.05, 0) is 24.3 Å². The number of halogens is 2. The molecule has 0 radical (unpaired) electrons. The van der Waals surface area contributed by atoms with Gasteiger partial charge in [-0.25, -0.2) is 4.98 Å². The summed E-state index contributed by atoms with van der Waals surface area (Å²) < 4.78 is 0. The van der Waals surface area contributed by atoms with Gasteiger partial charge in [-0.15, -0.1) is 0 Å². The van der Waals surface area contributed by atoms with Crippen LogP contribution in [0, 0.1) is 10.1 Å². The first-order valence-corrected chi connectivity index (χ1v) is 6.24. The Labute approximate surface area is 128 Å². The van der Waals surface area contributed by atoms with Gasteiger partial charge in [-0.3, -0.25) is 14.9 Å². The summed E-state index contributed by atoms with van der Waals surface area (Å²) >= 11 is 11.3. The van der Waals surface area contributed by atoms with Gasteiger partial charge in [0.1, 0.15) is 11.3 Å². The maximum absolute atomic E-state index is 12.1. The molecule has 0 saturated carbocycles. The van der Waals surface area contributed by atoms with Crippen molar-refractivity contribution in [3.8, 4) is 5.75 Å². The van der Waals surface area contributed by atoms with E-state index in [2.05, 4.69) is 10.3 Å². The van der Waals surface area contributed by atoms with Crippen LogP contribution in [0.3, 0.4) is 0 Å². The zero-order valence-electron chi connectivity index (χ0n) is 10.2. The number of phenols is 1. The standard InChI is InChI=1S/C12H7Cl2N3O4/c13-8-5-6(1-2-9(8)18)16-12(19)7-3-4-15-11(14)10(7)17(20)21/h1-5,18H,(H,16,19). The number of nitrogens with zero attached hydrogens (tertiary/aromatic N) is 2. The minimum absolute atomic E-state index is 0.0371. The van der Waals surface area contributed by atoms with E-state index in [0.29, 0.717) is 0 Å². The molecular formula is C12H7Cl2N3O4. The zero-order chi connectivity index (χ0) is 15.6. The molecule has 0 unspecified atom stereocenters. The topological polar surface area (TPSA) is 105 Å². The van der Waals surface area contributed by atoms with Gasteiger partial charge in [0.25, 0.3) is 5.91 Å². The number of amides is 1. The zero-order valence-corrected chi connectivity index (χ0v) is 11.7. The Morgan fingerprint density at radius 3 is 2.67 bits per heavy atom. The number of phenolic OH excluding ortho intramolecular Hbond substituents is 1. The molecule has 108 valence electrons. The molecule has 0 fully saturated rings. The number of hydrogen-bond acceptors (Lipinski definition) is 5. The molecule has 21 heavy (non-hydrogen) atoms. The molecule has 2 N–H and O–H groups in total. The second kappa shape index (κ2) is 5.94. The number of aromatic nitrogens is 1. The molecule has 1 aromatic carbocycles. The fraction of sp³-hybridized carbons (Fsp3) is 0. The predicted molar refractivity (Wildman–Crippen MR) is 77.0 cm³/mol. The number of pyridine rings is 1. The van der Waals surface area contributed by atoms with E-state index < -0.39 is 16.5 Å². The van der Waals surface area contributed by atoms with Crippen LogP contribution in [0.25, 0.3) is 0 Å². The summed E-state index contributed by atoms with van der Waals surface area (Å²) in [6, 6.07) is 5.17. The number of aromatic hydroxyl groups is 1.